The maximum atomic E-state index is 11.3. The zero-order valence-electron chi connectivity index (χ0n) is 17.7. The highest BCUT2D eigenvalue weighted by molar-refractivity contribution is 7.99. The summed E-state index contributed by atoms with van der Waals surface area (Å²) in [5.74, 6) is 1.87. The van der Waals surface area contributed by atoms with Gasteiger partial charge in [0.1, 0.15) is 12.7 Å². The number of hydrogen-bond acceptors (Lipinski definition) is 7. The molecule has 9 nitrogen and oxygen atoms in total. The lowest BCUT2D eigenvalue weighted by Gasteiger charge is -2.13. The molecule has 0 amide bonds. The van der Waals surface area contributed by atoms with Crippen LogP contribution in [0.3, 0.4) is 0 Å². The van der Waals surface area contributed by atoms with Crippen molar-refractivity contribution in [1.29, 1.82) is 0 Å². The SMILES string of the molecule is Cc1ncc([N+](=O)[O-])n1CCSc1nnc(-c2ccncc2)n1-c1cccc2ccccc12. The van der Waals surface area contributed by atoms with Gasteiger partial charge in [-0.3, -0.25) is 9.55 Å². The van der Waals surface area contributed by atoms with Crippen LogP contribution < -0.4 is 0 Å². The Morgan fingerprint density at radius 1 is 1.03 bits per heavy atom. The standard InChI is InChI=1S/C23H19N7O2S/c1-16-25-15-21(30(31)32)28(16)13-14-33-23-27-26-22(18-9-11-24-12-10-18)29(23)20-8-4-6-17-5-2-3-7-19(17)20/h2-12,15H,13-14H2,1H3. The Labute approximate surface area is 193 Å². The molecule has 10 heteroatoms. The van der Waals surface area contributed by atoms with E-state index in [4.69, 9.17) is 0 Å². The van der Waals surface area contributed by atoms with Crippen LogP contribution in [0.15, 0.2) is 78.3 Å². The Bertz CT molecular complexity index is 1440. The summed E-state index contributed by atoms with van der Waals surface area (Å²) in [7, 11) is 0. The fraction of sp³-hybridized carbons (Fsp3) is 0.130. The summed E-state index contributed by atoms with van der Waals surface area (Å²) in [4.78, 5) is 19.1. The minimum absolute atomic E-state index is 0.0129. The number of aromatic nitrogens is 6. The number of fused-ring (bicyclic) bond motifs is 1. The van der Waals surface area contributed by atoms with Crippen LogP contribution in [0.4, 0.5) is 5.82 Å². The predicted octanol–water partition coefficient (Wildman–Crippen LogP) is 4.69. The number of rotatable bonds is 7. The van der Waals surface area contributed by atoms with Crippen molar-refractivity contribution in [3.8, 4) is 17.1 Å². The molecule has 0 aliphatic carbocycles. The molecule has 0 atom stereocenters. The number of hydrogen-bond donors (Lipinski definition) is 0. The maximum Gasteiger partial charge on any atom is 0.342 e. The molecule has 3 aromatic heterocycles. The molecule has 2 aromatic carbocycles. The van der Waals surface area contributed by atoms with Crippen LogP contribution in [0.5, 0.6) is 0 Å². The van der Waals surface area contributed by atoms with E-state index in [1.807, 2.05) is 41.0 Å². The first-order chi connectivity index (χ1) is 16.1. The van der Waals surface area contributed by atoms with E-state index in [9.17, 15) is 10.1 Å². The van der Waals surface area contributed by atoms with Gasteiger partial charge in [0.15, 0.2) is 16.8 Å². The normalized spacial score (nSPS) is 11.2. The first-order valence-electron chi connectivity index (χ1n) is 10.3. The number of thioether (sulfide) groups is 1. The molecule has 33 heavy (non-hydrogen) atoms. The quantitative estimate of drug-likeness (QED) is 0.198. The summed E-state index contributed by atoms with van der Waals surface area (Å²) in [6.07, 6.45) is 4.75. The number of benzene rings is 2. The molecule has 0 saturated heterocycles. The van der Waals surface area contributed by atoms with Gasteiger partial charge in [0.2, 0.25) is 0 Å². The van der Waals surface area contributed by atoms with Crippen molar-refractivity contribution < 1.29 is 4.92 Å². The van der Waals surface area contributed by atoms with Gasteiger partial charge in [0.25, 0.3) is 0 Å². The third kappa shape index (κ3) is 3.96. The van der Waals surface area contributed by atoms with Crippen LogP contribution in [-0.4, -0.2) is 40.0 Å². The van der Waals surface area contributed by atoms with E-state index in [-0.39, 0.29) is 5.82 Å². The van der Waals surface area contributed by atoms with Gasteiger partial charge in [-0.25, -0.2) is 9.55 Å². The van der Waals surface area contributed by atoms with Crippen molar-refractivity contribution in [2.75, 3.05) is 5.75 Å². The second-order valence-electron chi connectivity index (χ2n) is 7.30. The Morgan fingerprint density at radius 2 is 1.82 bits per heavy atom. The van der Waals surface area contributed by atoms with Crippen molar-refractivity contribution in [3.63, 3.8) is 0 Å². The fourth-order valence-corrected chi connectivity index (χ4v) is 4.65. The van der Waals surface area contributed by atoms with E-state index in [0.717, 1.165) is 22.0 Å². The van der Waals surface area contributed by atoms with E-state index < -0.39 is 4.92 Å². The maximum absolute atomic E-state index is 11.3. The largest absolute Gasteiger partial charge is 0.358 e. The highest BCUT2D eigenvalue weighted by Crippen LogP contribution is 2.32. The molecule has 0 bridgehead atoms. The molecule has 0 aliphatic heterocycles. The molecule has 0 aliphatic rings. The van der Waals surface area contributed by atoms with Crippen molar-refractivity contribution in [1.82, 2.24) is 29.3 Å². The average Bonchev–Trinajstić information content (AvgIpc) is 3.43. The second-order valence-corrected chi connectivity index (χ2v) is 8.36. The van der Waals surface area contributed by atoms with Crippen LogP contribution in [0, 0.1) is 17.0 Å². The molecule has 0 fully saturated rings. The Kier molecular flexibility index (Phi) is 5.57. The average molecular weight is 458 g/mol. The van der Waals surface area contributed by atoms with Gasteiger partial charge in [-0.1, -0.05) is 48.2 Å². The minimum atomic E-state index is -0.412. The molecule has 0 saturated carbocycles. The number of nitro groups is 1. The predicted molar refractivity (Wildman–Crippen MR) is 126 cm³/mol. The molecule has 0 spiro atoms. The summed E-state index contributed by atoms with van der Waals surface area (Å²) >= 11 is 1.50. The highest BCUT2D eigenvalue weighted by Gasteiger charge is 2.20. The zero-order valence-corrected chi connectivity index (χ0v) is 18.5. The van der Waals surface area contributed by atoms with Crippen LogP contribution >= 0.6 is 11.8 Å². The molecule has 0 unspecified atom stereocenters. The fourth-order valence-electron chi connectivity index (χ4n) is 3.78. The van der Waals surface area contributed by atoms with Crippen molar-refractivity contribution in [2.45, 2.75) is 18.6 Å². The first kappa shape index (κ1) is 20.8. The van der Waals surface area contributed by atoms with Gasteiger partial charge in [-0.05, 0) is 28.5 Å². The van der Waals surface area contributed by atoms with Crippen molar-refractivity contribution in [2.24, 2.45) is 0 Å². The molecule has 5 aromatic rings. The van der Waals surface area contributed by atoms with Gasteiger partial charge in [0, 0.05) is 36.0 Å². The summed E-state index contributed by atoms with van der Waals surface area (Å²) in [6, 6.07) is 18.1. The summed E-state index contributed by atoms with van der Waals surface area (Å²) < 4.78 is 3.65. The van der Waals surface area contributed by atoms with Gasteiger partial charge in [-0.15, -0.1) is 10.2 Å². The summed E-state index contributed by atoms with van der Waals surface area (Å²) in [5.41, 5.74) is 1.87. The smallest absolute Gasteiger partial charge is 0.342 e. The number of nitrogens with zero attached hydrogens (tertiary/aromatic N) is 7. The van der Waals surface area contributed by atoms with E-state index in [0.29, 0.717) is 29.1 Å². The van der Waals surface area contributed by atoms with Crippen molar-refractivity contribution in [3.05, 3.63) is 89.1 Å². The zero-order chi connectivity index (χ0) is 22.8. The molecular weight excluding hydrogens is 438 g/mol. The van der Waals surface area contributed by atoms with E-state index in [1.54, 1.807) is 23.9 Å². The third-order valence-corrected chi connectivity index (χ3v) is 6.26. The topological polar surface area (TPSA) is 105 Å². The van der Waals surface area contributed by atoms with E-state index >= 15 is 0 Å². The highest BCUT2D eigenvalue weighted by atomic mass is 32.2. The molecule has 0 N–H and O–H groups in total. The Morgan fingerprint density at radius 3 is 2.64 bits per heavy atom. The Hall–Kier alpha value is -4.05. The number of pyridine rings is 1. The van der Waals surface area contributed by atoms with Gasteiger partial charge < -0.3 is 10.1 Å². The van der Waals surface area contributed by atoms with Gasteiger partial charge in [-0.2, -0.15) is 0 Å². The van der Waals surface area contributed by atoms with Crippen LogP contribution in [0.25, 0.3) is 27.8 Å². The minimum Gasteiger partial charge on any atom is -0.358 e. The van der Waals surface area contributed by atoms with Gasteiger partial charge in [0.05, 0.1) is 5.69 Å². The monoisotopic (exact) mass is 457 g/mol. The molecule has 5 rings (SSSR count). The first-order valence-corrected chi connectivity index (χ1v) is 11.3. The summed E-state index contributed by atoms with van der Waals surface area (Å²) in [6.45, 7) is 2.19. The van der Waals surface area contributed by atoms with Gasteiger partial charge >= 0.3 is 5.82 Å². The molecular formula is C23H19N7O2S. The molecule has 164 valence electrons. The molecule has 3 heterocycles. The third-order valence-electron chi connectivity index (χ3n) is 5.35. The summed E-state index contributed by atoms with van der Waals surface area (Å²) in [5, 5.41) is 23.2. The van der Waals surface area contributed by atoms with Crippen LogP contribution in [0.2, 0.25) is 0 Å². The lowest BCUT2D eigenvalue weighted by molar-refractivity contribution is -0.392. The molecule has 0 radical (unpaired) electrons. The Balaban J connectivity index is 1.54. The lowest BCUT2D eigenvalue weighted by Crippen LogP contribution is -2.07. The van der Waals surface area contributed by atoms with E-state index in [1.165, 1.54) is 18.0 Å². The lowest BCUT2D eigenvalue weighted by atomic mass is 10.1. The van der Waals surface area contributed by atoms with Crippen LogP contribution in [0.1, 0.15) is 5.82 Å². The van der Waals surface area contributed by atoms with Crippen molar-refractivity contribution >= 4 is 28.4 Å². The number of aryl methyl sites for hydroxylation is 1. The number of imidazole rings is 1. The van der Waals surface area contributed by atoms with E-state index in [2.05, 4.69) is 38.4 Å². The second kappa shape index (κ2) is 8.83. The van der Waals surface area contributed by atoms with Crippen LogP contribution in [-0.2, 0) is 6.54 Å².